The van der Waals surface area contributed by atoms with E-state index in [1.165, 1.54) is 6.33 Å². The summed E-state index contributed by atoms with van der Waals surface area (Å²) in [5, 5.41) is 7.24. The summed E-state index contributed by atoms with van der Waals surface area (Å²) in [5.41, 5.74) is 3.12. The lowest BCUT2D eigenvalue weighted by molar-refractivity contribution is -0.139. The number of benzene rings is 1. The smallest absolute Gasteiger partial charge is 0.338 e. The van der Waals surface area contributed by atoms with E-state index < -0.39 is 12.0 Å². The third kappa shape index (κ3) is 4.16. The number of esters is 1. The largest absolute Gasteiger partial charge is 0.463 e. The molecule has 2 heterocycles. The number of ether oxygens (including phenoxy) is 1. The SMILES string of the molecule is CCCNC(=O)CN1C(C)=C(C(=O)OCC)[C@H](c2ccc(C)cc2)n2ncnc21. The molecule has 1 atom stereocenters. The number of hydrogen-bond donors (Lipinski definition) is 1. The fourth-order valence-electron chi connectivity index (χ4n) is 3.41. The van der Waals surface area contributed by atoms with Crippen molar-refractivity contribution in [1.29, 1.82) is 0 Å². The Hall–Kier alpha value is -3.16. The van der Waals surface area contributed by atoms with Crippen LogP contribution in [-0.4, -0.2) is 46.3 Å². The number of allylic oxidation sites excluding steroid dienone is 1. The second kappa shape index (κ2) is 8.89. The Morgan fingerprint density at radius 3 is 2.55 bits per heavy atom. The number of rotatable bonds is 7. The maximum Gasteiger partial charge on any atom is 0.338 e. The van der Waals surface area contributed by atoms with E-state index in [-0.39, 0.29) is 19.1 Å². The zero-order valence-electron chi connectivity index (χ0n) is 17.3. The number of aryl methyl sites for hydroxylation is 1. The van der Waals surface area contributed by atoms with E-state index in [0.717, 1.165) is 17.5 Å². The van der Waals surface area contributed by atoms with Gasteiger partial charge in [0.15, 0.2) is 0 Å². The minimum atomic E-state index is -0.470. The summed E-state index contributed by atoms with van der Waals surface area (Å²) in [6.07, 6.45) is 2.29. The first-order valence-electron chi connectivity index (χ1n) is 9.86. The summed E-state index contributed by atoms with van der Waals surface area (Å²) >= 11 is 0. The van der Waals surface area contributed by atoms with Crippen LogP contribution in [0.3, 0.4) is 0 Å². The monoisotopic (exact) mass is 397 g/mol. The molecule has 1 amide bonds. The Balaban J connectivity index is 2.08. The second-order valence-corrected chi connectivity index (χ2v) is 6.97. The fraction of sp³-hybridized carbons (Fsp3) is 0.429. The first-order chi connectivity index (χ1) is 14.0. The number of carbonyl (C=O) groups is 2. The highest BCUT2D eigenvalue weighted by molar-refractivity contribution is 5.93. The van der Waals surface area contributed by atoms with Crippen LogP contribution < -0.4 is 10.2 Å². The van der Waals surface area contributed by atoms with Crippen molar-refractivity contribution < 1.29 is 14.3 Å². The molecule has 0 radical (unpaired) electrons. The number of amides is 1. The van der Waals surface area contributed by atoms with Gasteiger partial charge in [0.05, 0.1) is 12.2 Å². The summed E-state index contributed by atoms with van der Waals surface area (Å²) in [5.74, 6) is -0.0405. The van der Waals surface area contributed by atoms with E-state index in [9.17, 15) is 9.59 Å². The van der Waals surface area contributed by atoms with Crippen LogP contribution >= 0.6 is 0 Å². The number of anilines is 1. The molecule has 1 aliphatic rings. The maximum absolute atomic E-state index is 12.9. The van der Waals surface area contributed by atoms with Crippen molar-refractivity contribution in [2.45, 2.75) is 40.2 Å². The van der Waals surface area contributed by atoms with Gasteiger partial charge < -0.3 is 15.0 Å². The van der Waals surface area contributed by atoms with Crippen LogP contribution in [0.15, 0.2) is 41.9 Å². The van der Waals surface area contributed by atoms with Gasteiger partial charge in [0.2, 0.25) is 11.9 Å². The molecule has 0 saturated carbocycles. The maximum atomic E-state index is 12.9. The molecule has 29 heavy (non-hydrogen) atoms. The molecule has 3 rings (SSSR count). The van der Waals surface area contributed by atoms with Crippen LogP contribution in [0.5, 0.6) is 0 Å². The summed E-state index contributed by atoms with van der Waals surface area (Å²) in [4.78, 5) is 31.4. The molecule has 0 spiro atoms. The highest BCUT2D eigenvalue weighted by Crippen LogP contribution is 2.38. The van der Waals surface area contributed by atoms with Crippen molar-refractivity contribution in [2.75, 3.05) is 24.6 Å². The molecule has 1 aliphatic heterocycles. The molecule has 8 heteroatoms. The van der Waals surface area contributed by atoms with Gasteiger partial charge in [0, 0.05) is 12.2 Å². The number of carbonyl (C=O) groups excluding carboxylic acids is 2. The van der Waals surface area contributed by atoms with Crippen molar-refractivity contribution in [3.05, 3.63) is 53.0 Å². The Labute approximate surface area is 170 Å². The van der Waals surface area contributed by atoms with Gasteiger partial charge in [-0.15, -0.1) is 0 Å². The van der Waals surface area contributed by atoms with Crippen molar-refractivity contribution >= 4 is 17.8 Å². The van der Waals surface area contributed by atoms with Gasteiger partial charge in [-0.3, -0.25) is 4.79 Å². The highest BCUT2D eigenvalue weighted by Gasteiger charge is 2.38. The molecule has 8 nitrogen and oxygen atoms in total. The number of nitrogens with zero attached hydrogens (tertiary/aromatic N) is 4. The number of aromatic nitrogens is 3. The van der Waals surface area contributed by atoms with Crippen LogP contribution in [0.1, 0.15) is 44.4 Å². The molecule has 0 bridgehead atoms. The topological polar surface area (TPSA) is 89.4 Å². The molecule has 2 aromatic rings. The van der Waals surface area contributed by atoms with Crippen LogP contribution in [0.25, 0.3) is 0 Å². The van der Waals surface area contributed by atoms with Crippen molar-refractivity contribution in [3.8, 4) is 0 Å². The van der Waals surface area contributed by atoms with Crippen LogP contribution in [0, 0.1) is 6.92 Å². The summed E-state index contributed by atoms with van der Waals surface area (Å²) in [7, 11) is 0. The van der Waals surface area contributed by atoms with E-state index >= 15 is 0 Å². The minimum Gasteiger partial charge on any atom is -0.463 e. The summed E-state index contributed by atoms with van der Waals surface area (Å²) in [6, 6.07) is 7.47. The van der Waals surface area contributed by atoms with E-state index in [1.807, 2.05) is 45.0 Å². The second-order valence-electron chi connectivity index (χ2n) is 6.97. The average Bonchev–Trinajstić information content (AvgIpc) is 3.18. The predicted molar refractivity (Wildman–Crippen MR) is 109 cm³/mol. The Bertz CT molecular complexity index is 917. The molecule has 0 fully saturated rings. The molecule has 154 valence electrons. The van der Waals surface area contributed by atoms with E-state index in [2.05, 4.69) is 15.4 Å². The summed E-state index contributed by atoms with van der Waals surface area (Å²) in [6.45, 7) is 8.50. The minimum absolute atomic E-state index is 0.0497. The molecule has 0 unspecified atom stereocenters. The molecule has 0 saturated heterocycles. The van der Waals surface area contributed by atoms with Crippen LogP contribution in [0.2, 0.25) is 0 Å². The van der Waals surface area contributed by atoms with Crippen LogP contribution in [0.4, 0.5) is 5.95 Å². The van der Waals surface area contributed by atoms with E-state index in [1.54, 1.807) is 16.5 Å². The van der Waals surface area contributed by atoms with Gasteiger partial charge in [-0.25, -0.2) is 9.48 Å². The lowest BCUT2D eigenvalue weighted by atomic mass is 9.94. The van der Waals surface area contributed by atoms with Crippen molar-refractivity contribution in [3.63, 3.8) is 0 Å². The van der Waals surface area contributed by atoms with Gasteiger partial charge >= 0.3 is 5.97 Å². The first-order valence-corrected chi connectivity index (χ1v) is 9.86. The quantitative estimate of drug-likeness (QED) is 0.722. The number of fused-ring (bicyclic) bond motifs is 1. The molecule has 1 aromatic heterocycles. The fourth-order valence-corrected chi connectivity index (χ4v) is 3.41. The van der Waals surface area contributed by atoms with Gasteiger partial charge in [0.1, 0.15) is 18.9 Å². The predicted octanol–water partition coefficient (Wildman–Crippen LogP) is 2.36. The van der Waals surface area contributed by atoms with Crippen LogP contribution in [-0.2, 0) is 14.3 Å². The third-order valence-electron chi connectivity index (χ3n) is 4.87. The number of hydrogen-bond acceptors (Lipinski definition) is 6. The Morgan fingerprint density at radius 2 is 1.90 bits per heavy atom. The Morgan fingerprint density at radius 1 is 1.17 bits per heavy atom. The standard InChI is InChI=1S/C21H27N5O3/c1-5-11-22-17(27)12-25-15(4)18(20(28)29-6-2)19(26-21(25)23-13-24-26)16-9-7-14(3)8-10-16/h7-10,13,19H,5-6,11-12H2,1-4H3,(H,22,27)/t19-/m0/s1. The molecular formula is C21H27N5O3. The van der Waals surface area contributed by atoms with E-state index in [0.29, 0.717) is 23.8 Å². The lowest BCUT2D eigenvalue weighted by Gasteiger charge is -2.35. The average molecular weight is 397 g/mol. The molecule has 0 aliphatic carbocycles. The van der Waals surface area contributed by atoms with Crippen molar-refractivity contribution in [1.82, 2.24) is 20.1 Å². The molecular weight excluding hydrogens is 370 g/mol. The Kier molecular flexibility index (Phi) is 6.31. The van der Waals surface area contributed by atoms with E-state index in [4.69, 9.17) is 4.74 Å². The third-order valence-corrected chi connectivity index (χ3v) is 4.87. The highest BCUT2D eigenvalue weighted by atomic mass is 16.5. The first kappa shape index (κ1) is 20.6. The van der Waals surface area contributed by atoms with Crippen molar-refractivity contribution in [2.24, 2.45) is 0 Å². The van der Waals surface area contributed by atoms with Gasteiger partial charge in [-0.2, -0.15) is 10.1 Å². The zero-order valence-corrected chi connectivity index (χ0v) is 17.3. The van der Waals surface area contributed by atoms with Gasteiger partial charge in [-0.1, -0.05) is 36.8 Å². The normalized spacial score (nSPS) is 15.9. The zero-order chi connectivity index (χ0) is 21.0. The molecule has 1 N–H and O–H groups in total. The van der Waals surface area contributed by atoms with Gasteiger partial charge in [0.25, 0.3) is 0 Å². The lowest BCUT2D eigenvalue weighted by Crippen LogP contribution is -2.42. The number of nitrogens with one attached hydrogen (secondary N) is 1. The summed E-state index contributed by atoms with van der Waals surface area (Å²) < 4.78 is 7.03. The molecule has 1 aromatic carbocycles. The van der Waals surface area contributed by atoms with Gasteiger partial charge in [-0.05, 0) is 32.8 Å².